The number of nitrogens with zero attached hydrogens (tertiary/aromatic N) is 3. The highest BCUT2D eigenvalue weighted by molar-refractivity contribution is 9.10. The van der Waals surface area contributed by atoms with Gasteiger partial charge in [-0.25, -0.2) is 18.6 Å². The van der Waals surface area contributed by atoms with Crippen LogP contribution in [-0.2, 0) is 4.74 Å². The second-order valence-electron chi connectivity index (χ2n) is 8.13. The zero-order valence-corrected chi connectivity index (χ0v) is 24.3. The van der Waals surface area contributed by atoms with E-state index in [9.17, 15) is 13.6 Å². The Morgan fingerprint density at radius 2 is 1.89 bits per heavy atom. The number of rotatable bonds is 7. The van der Waals surface area contributed by atoms with Crippen molar-refractivity contribution < 1.29 is 23.0 Å². The van der Waals surface area contributed by atoms with E-state index in [2.05, 4.69) is 26.2 Å². The Morgan fingerprint density at radius 1 is 1.21 bits per heavy atom. The quantitative estimate of drug-likeness (QED) is 0.298. The molecule has 2 aromatic carbocycles. The molecule has 0 radical (unpaired) electrons. The molecule has 1 aliphatic rings. The zero-order valence-electron chi connectivity index (χ0n) is 20.4. The van der Waals surface area contributed by atoms with E-state index in [4.69, 9.17) is 44.3 Å². The van der Waals surface area contributed by atoms with E-state index in [1.165, 1.54) is 23.0 Å². The number of hydrogen-bond donors (Lipinski definition) is 1. The van der Waals surface area contributed by atoms with Crippen LogP contribution in [0.1, 0.15) is 25.0 Å². The molecule has 0 bridgehead atoms. The van der Waals surface area contributed by atoms with Gasteiger partial charge in [-0.1, -0.05) is 57.7 Å². The number of imidazole rings is 1. The van der Waals surface area contributed by atoms with Gasteiger partial charge in [0.05, 0.1) is 28.8 Å². The maximum atomic E-state index is 13.5. The number of halogens is 6. The molecule has 1 N–H and O–H groups in total. The maximum Gasteiger partial charge on any atom is 0.329 e. The summed E-state index contributed by atoms with van der Waals surface area (Å²) in [5, 5.41) is 4.15. The number of nitrogens with one attached hydrogen (secondary N) is 1. The molecule has 1 unspecified atom stereocenters. The summed E-state index contributed by atoms with van der Waals surface area (Å²) in [7, 11) is 0. The molecule has 1 atom stereocenters. The van der Waals surface area contributed by atoms with Gasteiger partial charge < -0.3 is 19.7 Å². The van der Waals surface area contributed by atoms with Gasteiger partial charge in [0.1, 0.15) is 30.7 Å². The Bertz CT molecular complexity index is 1170. The Morgan fingerprint density at radius 3 is 2.45 bits per heavy atom. The molecule has 38 heavy (non-hydrogen) atoms. The van der Waals surface area contributed by atoms with Crippen molar-refractivity contribution in [2.75, 3.05) is 39.4 Å². The smallest absolute Gasteiger partial charge is 0.329 e. The zero-order chi connectivity index (χ0) is 27.7. The van der Waals surface area contributed by atoms with Crippen LogP contribution in [0.4, 0.5) is 13.6 Å². The van der Waals surface area contributed by atoms with E-state index in [1.807, 2.05) is 6.92 Å². The van der Waals surface area contributed by atoms with Crippen LogP contribution in [0.3, 0.4) is 0 Å². The molecule has 0 aliphatic carbocycles. The lowest BCUT2D eigenvalue weighted by Crippen LogP contribution is -2.37. The van der Waals surface area contributed by atoms with Gasteiger partial charge in [0.15, 0.2) is 5.75 Å². The summed E-state index contributed by atoms with van der Waals surface area (Å²) in [5.41, 5.74) is 0.00500. The molecule has 4 rings (SSSR count). The van der Waals surface area contributed by atoms with Gasteiger partial charge >= 0.3 is 6.03 Å². The number of morpholine rings is 1. The summed E-state index contributed by atoms with van der Waals surface area (Å²) in [4.78, 5) is 17.9. The third-order valence-electron chi connectivity index (χ3n) is 5.35. The summed E-state index contributed by atoms with van der Waals surface area (Å²) in [6.45, 7) is 4.91. The number of ether oxygens (including phenoxy) is 2. The number of aromatic nitrogens is 2. The molecule has 3 aromatic rings. The first-order valence-electron chi connectivity index (χ1n) is 11.7. The van der Waals surface area contributed by atoms with Gasteiger partial charge in [-0.3, -0.25) is 4.57 Å². The summed E-state index contributed by atoms with van der Waals surface area (Å²) in [6.07, 6.45) is 4.94. The van der Waals surface area contributed by atoms with E-state index in [0.717, 1.165) is 13.0 Å². The van der Waals surface area contributed by atoms with Crippen molar-refractivity contribution in [1.29, 1.82) is 0 Å². The molecule has 2 heterocycles. The average molecular weight is 655 g/mol. The first-order valence-corrected chi connectivity index (χ1v) is 13.6. The van der Waals surface area contributed by atoms with Gasteiger partial charge in [0, 0.05) is 41.5 Å². The third-order valence-corrected chi connectivity index (χ3v) is 6.59. The van der Waals surface area contributed by atoms with E-state index in [-0.39, 0.29) is 18.2 Å². The first-order chi connectivity index (χ1) is 18.2. The molecule has 1 fully saturated rings. The topological polar surface area (TPSA) is 68.6 Å². The second kappa shape index (κ2) is 15.0. The van der Waals surface area contributed by atoms with Crippen LogP contribution >= 0.6 is 50.7 Å². The Balaban J connectivity index is 0.000000230. The normalized spacial score (nSPS) is 15.0. The highest BCUT2D eigenvalue weighted by Gasteiger charge is 2.23. The van der Waals surface area contributed by atoms with Crippen LogP contribution < -0.4 is 10.1 Å². The predicted molar refractivity (Wildman–Crippen MR) is 147 cm³/mol. The Hall–Kier alpha value is -1.95. The molecule has 7 nitrogen and oxygen atoms in total. The van der Waals surface area contributed by atoms with Crippen molar-refractivity contribution in [3.8, 4) is 5.75 Å². The molecule has 206 valence electrons. The van der Waals surface area contributed by atoms with Crippen molar-refractivity contribution in [3.63, 3.8) is 0 Å². The Kier molecular flexibility index (Phi) is 12.1. The fraction of sp³-hybridized carbons (Fsp3) is 0.360. The van der Waals surface area contributed by atoms with Crippen LogP contribution in [0.25, 0.3) is 0 Å². The summed E-state index contributed by atoms with van der Waals surface area (Å²) in [6, 6.07) is 5.46. The van der Waals surface area contributed by atoms with Crippen LogP contribution in [-0.4, -0.2) is 59.9 Å². The predicted octanol–water partition coefficient (Wildman–Crippen LogP) is 6.99. The second-order valence-corrected chi connectivity index (χ2v) is 10.3. The minimum absolute atomic E-state index is 0.00500. The van der Waals surface area contributed by atoms with Crippen molar-refractivity contribution >= 4 is 56.8 Å². The Labute approximate surface area is 243 Å². The fourth-order valence-corrected chi connectivity index (χ4v) is 4.97. The largest absolute Gasteiger partial charge is 0.489 e. The lowest BCUT2D eigenvalue weighted by molar-refractivity contribution is 0.0232. The SMILES string of the molecule is CCCN(CCOc1c(Cl)cc(Cl)cc1Cl)C(=O)n1ccnc1.Fc1cc(Br)cc(F)c1C1CNCCO1. The van der Waals surface area contributed by atoms with Crippen LogP contribution in [0, 0.1) is 11.6 Å². The van der Waals surface area contributed by atoms with E-state index < -0.39 is 17.7 Å². The van der Waals surface area contributed by atoms with Gasteiger partial charge in [-0.2, -0.15) is 0 Å². The monoisotopic (exact) mass is 652 g/mol. The van der Waals surface area contributed by atoms with E-state index in [0.29, 0.717) is 51.5 Å². The fourth-order valence-electron chi connectivity index (χ4n) is 3.65. The molecule has 0 saturated carbocycles. The molecule has 1 amide bonds. The van der Waals surface area contributed by atoms with Crippen molar-refractivity contribution in [3.05, 3.63) is 79.7 Å². The highest BCUT2D eigenvalue weighted by Crippen LogP contribution is 2.35. The third kappa shape index (κ3) is 8.53. The molecule has 1 saturated heterocycles. The standard InChI is InChI=1S/C15H16Cl3N3O2.C10H10BrF2NO/c1-2-4-20(15(22)21-5-3-19-10-21)6-7-23-14-12(17)8-11(16)9-13(14)18;11-6-3-7(12)10(8(13)4-6)9-5-14-1-2-15-9/h3,5,8-10H,2,4,6-7H2,1H3;3-4,9,14H,1-2,5H2. The number of amides is 1. The van der Waals surface area contributed by atoms with Crippen LogP contribution in [0.5, 0.6) is 5.75 Å². The summed E-state index contributed by atoms with van der Waals surface area (Å²) >= 11 is 21.0. The maximum absolute atomic E-state index is 13.5. The molecular weight excluding hydrogens is 629 g/mol. The molecule has 1 aliphatic heterocycles. The van der Waals surface area contributed by atoms with E-state index >= 15 is 0 Å². The lowest BCUT2D eigenvalue weighted by atomic mass is 10.1. The van der Waals surface area contributed by atoms with Crippen molar-refractivity contribution in [2.24, 2.45) is 0 Å². The number of benzene rings is 2. The summed E-state index contributed by atoms with van der Waals surface area (Å²) in [5.74, 6) is -0.782. The highest BCUT2D eigenvalue weighted by atomic mass is 79.9. The minimum atomic E-state index is -0.574. The van der Waals surface area contributed by atoms with Crippen molar-refractivity contribution in [2.45, 2.75) is 19.4 Å². The van der Waals surface area contributed by atoms with Crippen molar-refractivity contribution in [1.82, 2.24) is 19.8 Å². The van der Waals surface area contributed by atoms with Crippen LogP contribution in [0.15, 0.2) is 47.5 Å². The number of hydrogen-bond acceptors (Lipinski definition) is 5. The molecule has 1 aromatic heterocycles. The summed E-state index contributed by atoms with van der Waals surface area (Å²) < 4.78 is 39.8. The molecule has 0 spiro atoms. The lowest BCUT2D eigenvalue weighted by Gasteiger charge is -2.24. The van der Waals surface area contributed by atoms with Gasteiger partial charge in [0.2, 0.25) is 0 Å². The first kappa shape index (κ1) is 30.6. The minimum Gasteiger partial charge on any atom is -0.489 e. The van der Waals surface area contributed by atoms with Gasteiger partial charge in [0.25, 0.3) is 0 Å². The van der Waals surface area contributed by atoms with E-state index in [1.54, 1.807) is 29.4 Å². The van der Waals surface area contributed by atoms with Crippen LogP contribution in [0.2, 0.25) is 15.1 Å². The van der Waals surface area contributed by atoms with Gasteiger partial charge in [-0.15, -0.1) is 0 Å². The average Bonchev–Trinajstić information content (AvgIpc) is 3.40. The number of carbonyl (C=O) groups is 1. The number of carbonyl (C=O) groups excluding carboxylic acids is 1. The molecular formula is C25H26BrCl3F2N4O3. The van der Waals surface area contributed by atoms with Gasteiger partial charge in [-0.05, 0) is 30.7 Å². The molecule has 13 heteroatoms.